The lowest BCUT2D eigenvalue weighted by Gasteiger charge is -2.33. The lowest BCUT2D eigenvalue weighted by atomic mass is 9.96. The fourth-order valence-electron chi connectivity index (χ4n) is 2.06. The van der Waals surface area contributed by atoms with Crippen LogP contribution in [0.4, 0.5) is 0 Å². The standard InChI is InChI=1S/C11H22N2O4S/c1-9(8-14)12(2)11(15)10-4-6-13(7-5-10)18(3,16)17/h9-10,14H,4-8H2,1-3H3. The minimum atomic E-state index is -3.15. The number of sulfonamides is 1. The Kier molecular flexibility index (Phi) is 5.12. The van der Waals surface area contributed by atoms with Gasteiger partial charge in [0.1, 0.15) is 0 Å². The van der Waals surface area contributed by atoms with E-state index in [9.17, 15) is 13.2 Å². The van der Waals surface area contributed by atoms with Crippen molar-refractivity contribution in [2.75, 3.05) is 33.0 Å². The molecule has 0 aromatic carbocycles. The Morgan fingerprint density at radius 2 is 1.94 bits per heavy atom. The summed E-state index contributed by atoms with van der Waals surface area (Å²) in [5.41, 5.74) is 0. The van der Waals surface area contributed by atoms with Crippen molar-refractivity contribution in [1.29, 1.82) is 0 Å². The first-order valence-electron chi connectivity index (χ1n) is 6.10. The van der Waals surface area contributed by atoms with Gasteiger partial charge in [-0.05, 0) is 19.8 Å². The van der Waals surface area contributed by atoms with Gasteiger partial charge in [-0.3, -0.25) is 4.79 Å². The molecule has 0 radical (unpaired) electrons. The fourth-order valence-corrected chi connectivity index (χ4v) is 2.94. The lowest BCUT2D eigenvalue weighted by Crippen LogP contribution is -2.46. The van der Waals surface area contributed by atoms with E-state index >= 15 is 0 Å². The van der Waals surface area contributed by atoms with Gasteiger partial charge in [0.2, 0.25) is 15.9 Å². The molecule has 1 atom stereocenters. The molecule has 1 fully saturated rings. The van der Waals surface area contributed by atoms with Gasteiger partial charge in [-0.2, -0.15) is 0 Å². The minimum Gasteiger partial charge on any atom is -0.394 e. The zero-order valence-corrected chi connectivity index (χ0v) is 12.0. The summed E-state index contributed by atoms with van der Waals surface area (Å²) in [5.74, 6) is -0.147. The van der Waals surface area contributed by atoms with Gasteiger partial charge in [-0.15, -0.1) is 0 Å². The Morgan fingerprint density at radius 3 is 2.33 bits per heavy atom. The highest BCUT2D eigenvalue weighted by molar-refractivity contribution is 7.88. The number of amides is 1. The quantitative estimate of drug-likeness (QED) is 0.752. The fraction of sp³-hybridized carbons (Fsp3) is 0.909. The van der Waals surface area contributed by atoms with Crippen LogP contribution in [0.3, 0.4) is 0 Å². The van der Waals surface area contributed by atoms with Gasteiger partial charge >= 0.3 is 0 Å². The highest BCUT2D eigenvalue weighted by Gasteiger charge is 2.31. The van der Waals surface area contributed by atoms with Crippen molar-refractivity contribution in [3.63, 3.8) is 0 Å². The molecule has 0 aromatic heterocycles. The summed E-state index contributed by atoms with van der Waals surface area (Å²) in [5, 5.41) is 9.02. The van der Waals surface area contributed by atoms with Crippen molar-refractivity contribution < 1.29 is 18.3 Å². The average molecular weight is 278 g/mol. The molecular weight excluding hydrogens is 256 g/mol. The van der Waals surface area contributed by atoms with Crippen LogP contribution in [0.25, 0.3) is 0 Å². The largest absolute Gasteiger partial charge is 0.394 e. The van der Waals surface area contributed by atoms with Crippen molar-refractivity contribution in [3.8, 4) is 0 Å². The Balaban J connectivity index is 2.55. The summed E-state index contributed by atoms with van der Waals surface area (Å²) < 4.78 is 24.1. The third-order valence-corrected chi connectivity index (χ3v) is 4.85. The number of nitrogens with zero attached hydrogens (tertiary/aromatic N) is 2. The van der Waals surface area contributed by atoms with Crippen LogP contribution in [0.5, 0.6) is 0 Å². The molecule has 7 heteroatoms. The van der Waals surface area contributed by atoms with Gasteiger partial charge in [0.15, 0.2) is 0 Å². The van der Waals surface area contributed by atoms with Gasteiger partial charge in [0.05, 0.1) is 18.9 Å². The highest BCUT2D eigenvalue weighted by Crippen LogP contribution is 2.21. The summed E-state index contributed by atoms with van der Waals surface area (Å²) in [7, 11) is -1.48. The zero-order valence-electron chi connectivity index (χ0n) is 11.2. The second-order valence-electron chi connectivity index (χ2n) is 4.92. The molecule has 18 heavy (non-hydrogen) atoms. The normalized spacial score (nSPS) is 20.7. The number of carbonyl (C=O) groups is 1. The molecule has 0 saturated carbocycles. The van der Waals surface area contributed by atoms with Crippen molar-refractivity contribution in [3.05, 3.63) is 0 Å². The van der Waals surface area contributed by atoms with Crippen LogP contribution in [0.1, 0.15) is 19.8 Å². The first-order chi connectivity index (χ1) is 8.27. The van der Waals surface area contributed by atoms with Crippen LogP contribution in [0.2, 0.25) is 0 Å². The van der Waals surface area contributed by atoms with E-state index in [2.05, 4.69) is 0 Å². The zero-order chi connectivity index (χ0) is 13.9. The van der Waals surface area contributed by atoms with Crippen molar-refractivity contribution in [2.45, 2.75) is 25.8 Å². The summed E-state index contributed by atoms with van der Waals surface area (Å²) in [6.07, 6.45) is 2.29. The Bertz CT molecular complexity index is 388. The third-order valence-electron chi connectivity index (χ3n) is 3.55. The van der Waals surface area contributed by atoms with Gasteiger partial charge in [0, 0.05) is 26.1 Å². The molecule has 1 amide bonds. The van der Waals surface area contributed by atoms with E-state index in [1.54, 1.807) is 18.9 Å². The summed E-state index contributed by atoms with van der Waals surface area (Å²) >= 11 is 0. The maximum atomic E-state index is 12.1. The number of aliphatic hydroxyl groups is 1. The number of rotatable bonds is 4. The van der Waals surface area contributed by atoms with Crippen LogP contribution < -0.4 is 0 Å². The van der Waals surface area contributed by atoms with Gasteiger partial charge < -0.3 is 10.0 Å². The number of hydrogen-bond donors (Lipinski definition) is 1. The highest BCUT2D eigenvalue weighted by atomic mass is 32.2. The molecule has 1 N–H and O–H groups in total. The molecule has 1 aliphatic heterocycles. The Labute approximate surface area is 109 Å². The third kappa shape index (κ3) is 3.66. The molecule has 106 valence electrons. The maximum Gasteiger partial charge on any atom is 0.225 e. The lowest BCUT2D eigenvalue weighted by molar-refractivity contribution is -0.138. The summed E-state index contributed by atoms with van der Waals surface area (Å²) in [6, 6.07) is -0.203. The van der Waals surface area contributed by atoms with Crippen LogP contribution in [-0.4, -0.2) is 67.7 Å². The number of piperidine rings is 1. The number of hydrogen-bond acceptors (Lipinski definition) is 4. The first kappa shape index (κ1) is 15.4. The van der Waals surface area contributed by atoms with Gasteiger partial charge in [-0.25, -0.2) is 12.7 Å². The molecule has 1 unspecified atom stereocenters. The minimum absolute atomic E-state index is 0.00954. The van der Waals surface area contributed by atoms with E-state index in [0.29, 0.717) is 25.9 Å². The second kappa shape index (κ2) is 5.99. The average Bonchev–Trinajstić information content (AvgIpc) is 2.35. The van der Waals surface area contributed by atoms with Crippen molar-refractivity contribution in [1.82, 2.24) is 9.21 Å². The van der Waals surface area contributed by atoms with E-state index in [4.69, 9.17) is 5.11 Å². The van der Waals surface area contributed by atoms with E-state index < -0.39 is 10.0 Å². The van der Waals surface area contributed by atoms with E-state index in [1.165, 1.54) is 10.6 Å². The Hall–Kier alpha value is -0.660. The van der Waals surface area contributed by atoms with Crippen LogP contribution in [-0.2, 0) is 14.8 Å². The van der Waals surface area contributed by atoms with E-state index in [-0.39, 0.29) is 24.5 Å². The topological polar surface area (TPSA) is 77.9 Å². The predicted molar refractivity (Wildman–Crippen MR) is 68.5 cm³/mol. The molecule has 0 bridgehead atoms. The van der Waals surface area contributed by atoms with Crippen LogP contribution in [0, 0.1) is 5.92 Å². The second-order valence-corrected chi connectivity index (χ2v) is 6.90. The number of carbonyl (C=O) groups excluding carboxylic acids is 1. The van der Waals surface area contributed by atoms with Crippen molar-refractivity contribution in [2.24, 2.45) is 5.92 Å². The number of likely N-dealkylation sites (N-methyl/N-ethyl adjacent to an activating group) is 1. The van der Waals surface area contributed by atoms with E-state index in [0.717, 1.165) is 0 Å². The molecule has 0 aliphatic carbocycles. The maximum absolute atomic E-state index is 12.1. The molecule has 1 saturated heterocycles. The summed E-state index contributed by atoms with van der Waals surface area (Å²) in [4.78, 5) is 13.6. The smallest absolute Gasteiger partial charge is 0.225 e. The van der Waals surface area contributed by atoms with Crippen LogP contribution >= 0.6 is 0 Å². The van der Waals surface area contributed by atoms with Gasteiger partial charge in [0.25, 0.3) is 0 Å². The van der Waals surface area contributed by atoms with Crippen molar-refractivity contribution >= 4 is 15.9 Å². The van der Waals surface area contributed by atoms with Gasteiger partial charge in [-0.1, -0.05) is 0 Å². The monoisotopic (exact) mass is 278 g/mol. The molecule has 0 spiro atoms. The molecule has 1 rings (SSSR count). The summed E-state index contributed by atoms with van der Waals surface area (Å²) in [6.45, 7) is 2.52. The molecular formula is C11H22N2O4S. The molecule has 1 aliphatic rings. The van der Waals surface area contributed by atoms with E-state index in [1.807, 2.05) is 0 Å². The predicted octanol–water partition coefficient (Wildman–Crippen LogP) is -0.503. The Morgan fingerprint density at radius 1 is 1.44 bits per heavy atom. The number of aliphatic hydroxyl groups excluding tert-OH is 1. The SMILES string of the molecule is CC(CO)N(C)C(=O)C1CCN(S(C)(=O)=O)CC1. The molecule has 0 aromatic rings. The molecule has 6 nitrogen and oxygen atoms in total. The molecule has 1 heterocycles. The van der Waals surface area contributed by atoms with Crippen LogP contribution in [0.15, 0.2) is 0 Å². The first-order valence-corrected chi connectivity index (χ1v) is 7.95.